The smallest absolute Gasteiger partial charge is 0.226 e. The lowest BCUT2D eigenvalue weighted by Crippen LogP contribution is -2.42. The average molecular weight is 276 g/mol. The zero-order valence-corrected chi connectivity index (χ0v) is 12.7. The molecule has 0 aromatic rings. The summed E-state index contributed by atoms with van der Waals surface area (Å²) in [5.41, 5.74) is 0. The first-order valence-electron chi connectivity index (χ1n) is 8.79. The molecule has 1 saturated heterocycles. The van der Waals surface area contributed by atoms with Crippen LogP contribution in [0.3, 0.4) is 0 Å². The molecule has 4 rings (SSSR count). The lowest BCUT2D eigenvalue weighted by atomic mass is 9.95. The van der Waals surface area contributed by atoms with Crippen LogP contribution in [0.15, 0.2) is 0 Å². The van der Waals surface area contributed by atoms with Gasteiger partial charge in [0.2, 0.25) is 5.91 Å². The Morgan fingerprint density at radius 1 is 1.10 bits per heavy atom. The molecule has 4 atom stereocenters. The van der Waals surface area contributed by atoms with Gasteiger partial charge in [-0.1, -0.05) is 6.92 Å². The van der Waals surface area contributed by atoms with Gasteiger partial charge in [0.15, 0.2) is 0 Å². The summed E-state index contributed by atoms with van der Waals surface area (Å²) in [5.74, 6) is 5.22. The third kappa shape index (κ3) is 2.01. The number of hydrogen-bond donors (Lipinski definition) is 1. The minimum Gasteiger partial charge on any atom is -0.342 e. The molecule has 0 aromatic carbocycles. The van der Waals surface area contributed by atoms with E-state index in [1.54, 1.807) is 0 Å². The SMILES string of the molecule is CCNCC1CCN(C(=O)C2C3C4CCC(C4)C23)CC1. The first kappa shape index (κ1) is 13.1. The number of likely N-dealkylation sites (tertiary alicyclic amines) is 1. The molecular formula is C17H28N2O. The zero-order valence-electron chi connectivity index (χ0n) is 12.7. The molecule has 3 heteroatoms. The van der Waals surface area contributed by atoms with Crippen molar-refractivity contribution in [2.24, 2.45) is 35.5 Å². The second kappa shape index (κ2) is 5.01. The highest BCUT2D eigenvalue weighted by Gasteiger charge is 2.67. The first-order valence-corrected chi connectivity index (χ1v) is 8.79. The minimum atomic E-state index is 0.451. The van der Waals surface area contributed by atoms with Gasteiger partial charge in [-0.2, -0.15) is 0 Å². The molecule has 20 heavy (non-hydrogen) atoms. The second-order valence-corrected chi connectivity index (χ2v) is 7.59. The molecule has 1 heterocycles. The summed E-state index contributed by atoms with van der Waals surface area (Å²) in [6, 6.07) is 0. The number of nitrogens with zero attached hydrogens (tertiary/aromatic N) is 1. The van der Waals surface area contributed by atoms with E-state index in [-0.39, 0.29) is 0 Å². The fourth-order valence-corrected chi connectivity index (χ4v) is 5.57. The van der Waals surface area contributed by atoms with E-state index in [9.17, 15) is 4.79 Å². The van der Waals surface area contributed by atoms with Crippen molar-refractivity contribution in [1.82, 2.24) is 10.2 Å². The van der Waals surface area contributed by atoms with Gasteiger partial charge in [-0.3, -0.25) is 4.79 Å². The van der Waals surface area contributed by atoms with E-state index in [2.05, 4.69) is 17.1 Å². The number of hydrogen-bond acceptors (Lipinski definition) is 2. The maximum atomic E-state index is 12.7. The van der Waals surface area contributed by atoms with Gasteiger partial charge in [-0.05, 0) is 74.8 Å². The molecule has 3 saturated carbocycles. The fraction of sp³-hybridized carbons (Fsp3) is 0.941. The van der Waals surface area contributed by atoms with Gasteiger partial charge in [0.1, 0.15) is 0 Å². The van der Waals surface area contributed by atoms with Crippen molar-refractivity contribution in [2.75, 3.05) is 26.2 Å². The van der Waals surface area contributed by atoms with Crippen LogP contribution in [0, 0.1) is 35.5 Å². The maximum absolute atomic E-state index is 12.7. The molecule has 4 aliphatic rings. The molecule has 3 aliphatic carbocycles. The third-order valence-corrected chi connectivity index (χ3v) is 6.63. The number of piperidine rings is 1. The van der Waals surface area contributed by atoms with E-state index in [0.717, 1.165) is 55.8 Å². The summed E-state index contributed by atoms with van der Waals surface area (Å²) >= 11 is 0. The van der Waals surface area contributed by atoms with E-state index in [1.165, 1.54) is 32.1 Å². The maximum Gasteiger partial charge on any atom is 0.226 e. The number of fused-ring (bicyclic) bond motifs is 5. The Labute approximate surface area is 122 Å². The molecular weight excluding hydrogens is 248 g/mol. The molecule has 0 radical (unpaired) electrons. The molecule has 3 nitrogen and oxygen atoms in total. The topological polar surface area (TPSA) is 32.3 Å². The van der Waals surface area contributed by atoms with Crippen LogP contribution in [-0.4, -0.2) is 37.0 Å². The van der Waals surface area contributed by atoms with Crippen molar-refractivity contribution in [3.8, 4) is 0 Å². The normalized spacial score (nSPS) is 42.9. The second-order valence-electron chi connectivity index (χ2n) is 7.59. The monoisotopic (exact) mass is 276 g/mol. The van der Waals surface area contributed by atoms with Crippen molar-refractivity contribution in [3.63, 3.8) is 0 Å². The molecule has 0 aromatic heterocycles. The third-order valence-electron chi connectivity index (χ3n) is 6.63. The van der Waals surface area contributed by atoms with Crippen molar-refractivity contribution < 1.29 is 4.79 Å². The van der Waals surface area contributed by atoms with Crippen LogP contribution in [0.4, 0.5) is 0 Å². The van der Waals surface area contributed by atoms with Gasteiger partial charge >= 0.3 is 0 Å². The fourth-order valence-electron chi connectivity index (χ4n) is 5.57. The summed E-state index contributed by atoms with van der Waals surface area (Å²) in [6.07, 6.45) is 6.69. The van der Waals surface area contributed by atoms with Gasteiger partial charge in [0, 0.05) is 19.0 Å². The van der Waals surface area contributed by atoms with Crippen LogP contribution in [0.5, 0.6) is 0 Å². The highest BCUT2D eigenvalue weighted by Crippen LogP contribution is 2.69. The number of carbonyl (C=O) groups excluding carboxylic acids is 1. The van der Waals surface area contributed by atoms with Crippen LogP contribution in [0.25, 0.3) is 0 Å². The Morgan fingerprint density at radius 3 is 2.35 bits per heavy atom. The van der Waals surface area contributed by atoms with Crippen LogP contribution in [0.1, 0.15) is 39.0 Å². The molecule has 112 valence electrons. The van der Waals surface area contributed by atoms with Crippen molar-refractivity contribution in [1.29, 1.82) is 0 Å². The Kier molecular flexibility index (Phi) is 3.29. The molecule has 1 amide bonds. The molecule has 0 spiro atoms. The van der Waals surface area contributed by atoms with Crippen molar-refractivity contribution in [2.45, 2.75) is 39.0 Å². The number of carbonyl (C=O) groups is 1. The summed E-state index contributed by atoms with van der Waals surface area (Å²) in [5, 5.41) is 3.45. The molecule has 1 aliphatic heterocycles. The predicted octanol–water partition coefficient (Wildman–Crippen LogP) is 2.13. The molecule has 2 bridgehead atoms. The Bertz CT molecular complexity index is 372. The van der Waals surface area contributed by atoms with Crippen LogP contribution in [0.2, 0.25) is 0 Å². The summed E-state index contributed by atoms with van der Waals surface area (Å²) in [6.45, 7) is 6.39. The van der Waals surface area contributed by atoms with Gasteiger partial charge < -0.3 is 10.2 Å². The van der Waals surface area contributed by atoms with E-state index in [0.29, 0.717) is 11.8 Å². The summed E-state index contributed by atoms with van der Waals surface area (Å²) < 4.78 is 0. The van der Waals surface area contributed by atoms with Crippen molar-refractivity contribution >= 4 is 5.91 Å². The summed E-state index contributed by atoms with van der Waals surface area (Å²) in [7, 11) is 0. The molecule has 4 fully saturated rings. The standard InChI is InChI=1S/C17H28N2O/c1-2-18-10-11-5-7-19(8-6-11)17(20)16-14-12-3-4-13(9-12)15(14)16/h11-16,18H,2-10H2,1H3. The molecule has 1 N–H and O–H groups in total. The Balaban J connectivity index is 1.29. The van der Waals surface area contributed by atoms with Gasteiger partial charge in [-0.15, -0.1) is 0 Å². The number of nitrogens with one attached hydrogen (secondary N) is 1. The molecule has 4 unspecified atom stereocenters. The Morgan fingerprint density at radius 2 is 1.75 bits per heavy atom. The van der Waals surface area contributed by atoms with Gasteiger partial charge in [0.25, 0.3) is 0 Å². The first-order chi connectivity index (χ1) is 9.79. The van der Waals surface area contributed by atoms with E-state index >= 15 is 0 Å². The quantitative estimate of drug-likeness (QED) is 0.853. The van der Waals surface area contributed by atoms with E-state index in [4.69, 9.17) is 0 Å². The highest BCUT2D eigenvalue weighted by atomic mass is 16.2. The lowest BCUT2D eigenvalue weighted by Gasteiger charge is -2.32. The van der Waals surface area contributed by atoms with Crippen molar-refractivity contribution in [3.05, 3.63) is 0 Å². The van der Waals surface area contributed by atoms with E-state index < -0.39 is 0 Å². The summed E-state index contributed by atoms with van der Waals surface area (Å²) in [4.78, 5) is 14.9. The average Bonchev–Trinajstić information content (AvgIpc) is 2.92. The van der Waals surface area contributed by atoms with Crippen LogP contribution < -0.4 is 5.32 Å². The Hall–Kier alpha value is -0.570. The van der Waals surface area contributed by atoms with E-state index in [1.807, 2.05) is 0 Å². The highest BCUT2D eigenvalue weighted by molar-refractivity contribution is 5.83. The predicted molar refractivity (Wildman–Crippen MR) is 79.1 cm³/mol. The van der Waals surface area contributed by atoms with Gasteiger partial charge in [-0.25, -0.2) is 0 Å². The number of rotatable bonds is 4. The number of amides is 1. The lowest BCUT2D eigenvalue weighted by molar-refractivity contribution is -0.135. The van der Waals surface area contributed by atoms with Crippen LogP contribution >= 0.6 is 0 Å². The zero-order chi connectivity index (χ0) is 13.7. The minimum absolute atomic E-state index is 0.451. The van der Waals surface area contributed by atoms with Crippen LogP contribution in [-0.2, 0) is 4.79 Å². The van der Waals surface area contributed by atoms with Gasteiger partial charge in [0.05, 0.1) is 0 Å². The largest absolute Gasteiger partial charge is 0.342 e.